The molecule has 0 radical (unpaired) electrons. The van der Waals surface area contributed by atoms with Gasteiger partial charge >= 0.3 is 6.03 Å². The monoisotopic (exact) mass is 265 g/mol. The maximum atomic E-state index is 12.5. The number of carbonyl (C=O) groups excluding carboxylic acids is 2. The van der Waals surface area contributed by atoms with Gasteiger partial charge in [-0.05, 0) is 56.8 Å². The number of carbonyl (C=O) groups is 2. The van der Waals surface area contributed by atoms with Crippen molar-refractivity contribution in [2.75, 3.05) is 6.54 Å². The van der Waals surface area contributed by atoms with E-state index in [-0.39, 0.29) is 5.91 Å². The Morgan fingerprint density at radius 2 is 1.68 bits per heavy atom. The normalized spacial score (nSPS) is 37.8. The summed E-state index contributed by atoms with van der Waals surface area (Å²) in [5.74, 6) is 2.34. The lowest BCUT2D eigenvalue weighted by atomic mass is 9.68. The maximum absolute atomic E-state index is 12.5. The van der Waals surface area contributed by atoms with Crippen molar-refractivity contribution in [3.8, 4) is 0 Å². The van der Waals surface area contributed by atoms with Crippen LogP contribution in [0.1, 0.15) is 39.0 Å². The summed E-state index contributed by atoms with van der Waals surface area (Å²) in [5, 5.41) is 2.51. The van der Waals surface area contributed by atoms with E-state index in [1.807, 2.05) is 4.90 Å². The Hall–Kier alpha value is -1.26. The van der Waals surface area contributed by atoms with Crippen LogP contribution in [0.2, 0.25) is 0 Å². The molecule has 0 aromatic heterocycles. The van der Waals surface area contributed by atoms with Crippen molar-refractivity contribution in [2.24, 2.45) is 23.5 Å². The highest BCUT2D eigenvalue weighted by Crippen LogP contribution is 2.47. The van der Waals surface area contributed by atoms with E-state index in [4.69, 9.17) is 5.73 Å². The minimum absolute atomic E-state index is 0.0389. The van der Waals surface area contributed by atoms with Gasteiger partial charge in [0.2, 0.25) is 5.91 Å². The largest absolute Gasteiger partial charge is 0.352 e. The molecule has 4 bridgehead atoms. The van der Waals surface area contributed by atoms with Gasteiger partial charge in [-0.2, -0.15) is 0 Å². The molecule has 3 unspecified atom stereocenters. The topological polar surface area (TPSA) is 75.4 Å². The van der Waals surface area contributed by atoms with E-state index >= 15 is 0 Å². The fraction of sp³-hybridized carbons (Fsp3) is 0.857. The summed E-state index contributed by atoms with van der Waals surface area (Å²) in [5.41, 5.74) is 5.11. The third-order valence-electron chi connectivity index (χ3n) is 5.12. The lowest BCUT2D eigenvalue weighted by molar-refractivity contribution is -0.135. The van der Waals surface area contributed by atoms with Crippen LogP contribution in [0.5, 0.6) is 0 Å². The number of fused-ring (bicyclic) bond motifs is 1. The summed E-state index contributed by atoms with van der Waals surface area (Å²) in [7, 11) is 0. The average molecular weight is 265 g/mol. The van der Waals surface area contributed by atoms with Crippen molar-refractivity contribution in [2.45, 2.75) is 51.1 Å². The summed E-state index contributed by atoms with van der Waals surface area (Å²) in [4.78, 5) is 25.4. The van der Waals surface area contributed by atoms with Crippen LogP contribution in [-0.4, -0.2) is 35.5 Å². The van der Waals surface area contributed by atoms with Crippen LogP contribution in [0.4, 0.5) is 4.79 Å². The molecule has 0 aromatic rings. The van der Waals surface area contributed by atoms with Crippen molar-refractivity contribution in [1.29, 1.82) is 0 Å². The molecule has 3 amide bonds. The highest BCUT2D eigenvalue weighted by atomic mass is 16.2. The Bertz CT molecular complexity index is 384. The quantitative estimate of drug-likeness (QED) is 0.784. The molecule has 4 fully saturated rings. The Morgan fingerprint density at radius 1 is 1.11 bits per heavy atom. The fourth-order valence-electron chi connectivity index (χ4n) is 4.58. The van der Waals surface area contributed by atoms with Crippen LogP contribution >= 0.6 is 0 Å². The molecule has 0 spiro atoms. The zero-order chi connectivity index (χ0) is 13.6. The summed E-state index contributed by atoms with van der Waals surface area (Å²) in [6, 6.07) is -0.740. The predicted octanol–water partition coefficient (Wildman–Crippen LogP) is 1.08. The first-order valence-electron chi connectivity index (χ1n) is 7.39. The van der Waals surface area contributed by atoms with E-state index < -0.39 is 12.1 Å². The standard InChI is InChI=1S/C14H23N3O2/c1-8(16-14(15)19)13(18)17-7-11-3-9-2-10(4-11)6-12(17)5-9/h8-12H,2-7H2,1H3,(H3,15,16,19). The molecule has 2 aliphatic carbocycles. The van der Waals surface area contributed by atoms with Crippen LogP contribution in [-0.2, 0) is 4.79 Å². The molecule has 4 aliphatic rings. The first-order chi connectivity index (χ1) is 9.02. The Kier molecular flexibility index (Phi) is 3.15. The summed E-state index contributed by atoms with van der Waals surface area (Å²) >= 11 is 0. The Labute approximate surface area is 113 Å². The van der Waals surface area contributed by atoms with Gasteiger partial charge in [-0.15, -0.1) is 0 Å². The van der Waals surface area contributed by atoms with Crippen molar-refractivity contribution >= 4 is 11.9 Å². The first kappa shape index (κ1) is 12.8. The van der Waals surface area contributed by atoms with E-state index in [0.717, 1.165) is 31.2 Å². The number of nitrogens with two attached hydrogens (primary N) is 1. The third-order valence-corrected chi connectivity index (χ3v) is 5.12. The Balaban J connectivity index is 1.74. The predicted molar refractivity (Wildman–Crippen MR) is 71.2 cm³/mol. The van der Waals surface area contributed by atoms with Gasteiger partial charge in [-0.25, -0.2) is 4.79 Å². The second-order valence-corrected chi connectivity index (χ2v) is 6.65. The molecule has 2 aliphatic heterocycles. The van der Waals surface area contributed by atoms with Crippen molar-refractivity contribution in [3.05, 3.63) is 0 Å². The van der Waals surface area contributed by atoms with Crippen LogP contribution < -0.4 is 11.1 Å². The number of nitrogens with zero attached hydrogens (tertiary/aromatic N) is 1. The smallest absolute Gasteiger partial charge is 0.312 e. The number of rotatable bonds is 2. The van der Waals surface area contributed by atoms with Crippen LogP contribution in [0, 0.1) is 17.8 Å². The molecular formula is C14H23N3O2. The lowest BCUT2D eigenvalue weighted by Crippen LogP contribution is -2.52. The number of nitrogens with one attached hydrogen (secondary N) is 1. The zero-order valence-electron chi connectivity index (χ0n) is 11.5. The van der Waals surface area contributed by atoms with Gasteiger partial charge in [0, 0.05) is 12.6 Å². The fourth-order valence-corrected chi connectivity index (χ4v) is 4.58. The molecular weight excluding hydrogens is 242 g/mol. The molecule has 2 heterocycles. The maximum Gasteiger partial charge on any atom is 0.312 e. The van der Waals surface area contributed by atoms with Gasteiger partial charge in [0.15, 0.2) is 0 Å². The molecule has 0 aromatic carbocycles. The highest BCUT2D eigenvalue weighted by molar-refractivity contribution is 5.86. The van der Waals surface area contributed by atoms with Gasteiger partial charge < -0.3 is 16.0 Å². The van der Waals surface area contributed by atoms with Gasteiger partial charge in [0.25, 0.3) is 0 Å². The second-order valence-electron chi connectivity index (χ2n) is 6.65. The summed E-state index contributed by atoms with van der Waals surface area (Å²) in [6.07, 6.45) is 6.25. The molecule has 5 nitrogen and oxygen atoms in total. The van der Waals surface area contributed by atoms with E-state index in [1.54, 1.807) is 6.92 Å². The molecule has 19 heavy (non-hydrogen) atoms. The van der Waals surface area contributed by atoms with Crippen LogP contribution in [0.3, 0.4) is 0 Å². The second kappa shape index (κ2) is 4.69. The molecule has 3 atom stereocenters. The third kappa shape index (κ3) is 2.42. The van der Waals surface area contributed by atoms with Crippen molar-refractivity contribution < 1.29 is 9.59 Å². The van der Waals surface area contributed by atoms with E-state index in [1.165, 1.54) is 19.3 Å². The van der Waals surface area contributed by atoms with Crippen molar-refractivity contribution in [1.82, 2.24) is 10.2 Å². The van der Waals surface area contributed by atoms with Gasteiger partial charge in [0.05, 0.1) is 0 Å². The zero-order valence-corrected chi connectivity index (χ0v) is 11.5. The first-order valence-corrected chi connectivity index (χ1v) is 7.39. The lowest BCUT2D eigenvalue weighted by Gasteiger charge is -2.39. The van der Waals surface area contributed by atoms with E-state index in [0.29, 0.717) is 12.0 Å². The molecule has 106 valence electrons. The average Bonchev–Trinajstić information content (AvgIpc) is 2.51. The van der Waals surface area contributed by atoms with E-state index in [9.17, 15) is 9.59 Å². The number of urea groups is 1. The van der Waals surface area contributed by atoms with Gasteiger partial charge in [-0.1, -0.05) is 0 Å². The van der Waals surface area contributed by atoms with Crippen molar-refractivity contribution in [3.63, 3.8) is 0 Å². The van der Waals surface area contributed by atoms with Gasteiger partial charge in [-0.3, -0.25) is 4.79 Å². The molecule has 2 saturated heterocycles. The molecule has 4 rings (SSSR count). The van der Waals surface area contributed by atoms with Crippen LogP contribution in [0.25, 0.3) is 0 Å². The molecule has 3 N–H and O–H groups in total. The summed E-state index contributed by atoms with van der Waals surface area (Å²) < 4.78 is 0. The number of amides is 3. The minimum Gasteiger partial charge on any atom is -0.352 e. The molecule has 2 saturated carbocycles. The summed E-state index contributed by atoms with van der Waals surface area (Å²) in [6.45, 7) is 2.60. The number of hydrogen-bond donors (Lipinski definition) is 2. The Morgan fingerprint density at radius 3 is 2.26 bits per heavy atom. The number of primary amides is 1. The highest BCUT2D eigenvalue weighted by Gasteiger charge is 2.44. The number of hydrogen-bond acceptors (Lipinski definition) is 2. The SMILES string of the molecule is CC(NC(N)=O)C(=O)N1CC2CC3CC(C2)CC1C3. The molecule has 5 heteroatoms. The van der Waals surface area contributed by atoms with E-state index in [2.05, 4.69) is 5.32 Å². The van der Waals surface area contributed by atoms with Gasteiger partial charge in [0.1, 0.15) is 6.04 Å². The van der Waals surface area contributed by atoms with Crippen LogP contribution in [0.15, 0.2) is 0 Å². The minimum atomic E-state index is -0.624.